The van der Waals surface area contributed by atoms with E-state index in [-0.39, 0.29) is 17.9 Å². The van der Waals surface area contributed by atoms with Gasteiger partial charge in [0.2, 0.25) is 5.91 Å². The molecule has 10 nitrogen and oxygen atoms in total. The molecule has 2 amide bonds. The van der Waals surface area contributed by atoms with Gasteiger partial charge in [0.05, 0.1) is 0 Å². The third-order valence-corrected chi connectivity index (χ3v) is 8.51. The molecule has 0 bridgehead atoms. The molecule has 1 aromatic carbocycles. The minimum atomic E-state index is -0.254. The first-order valence-corrected chi connectivity index (χ1v) is 18.7. The molecule has 52 heavy (non-hydrogen) atoms. The summed E-state index contributed by atoms with van der Waals surface area (Å²) in [7, 11) is 3.94. The quantitative estimate of drug-likeness (QED) is 0.131. The molecule has 2 aliphatic heterocycles. The number of aromatic nitrogens is 1. The summed E-state index contributed by atoms with van der Waals surface area (Å²) in [6.45, 7) is 17.6. The van der Waals surface area contributed by atoms with Crippen LogP contribution in [0.4, 0.5) is 5.69 Å². The molecular formula is C42H61N7O3. The number of carbonyl (C=O) groups is 2. The molecule has 282 valence electrons. The fraction of sp³-hybridized carbons (Fsp3) is 0.476. The van der Waals surface area contributed by atoms with Gasteiger partial charge < -0.3 is 25.6 Å². The lowest BCUT2D eigenvalue weighted by Gasteiger charge is -2.33. The van der Waals surface area contributed by atoms with Crippen LogP contribution in [0.25, 0.3) is 5.70 Å². The van der Waals surface area contributed by atoms with Crippen molar-refractivity contribution in [3.05, 3.63) is 101 Å². The molecule has 10 heteroatoms. The maximum Gasteiger partial charge on any atom is 0.274 e. The zero-order valence-electron chi connectivity index (χ0n) is 32.7. The predicted molar refractivity (Wildman–Crippen MR) is 215 cm³/mol. The van der Waals surface area contributed by atoms with Gasteiger partial charge in [0, 0.05) is 74.3 Å². The molecule has 0 radical (unpaired) electrons. The number of likely N-dealkylation sites (N-methyl/N-ethyl adjacent to an activating group) is 1. The number of likely N-dealkylation sites (tertiary alicyclic amines) is 1. The average Bonchev–Trinajstić information content (AvgIpc) is 3.56. The highest BCUT2D eigenvalue weighted by Crippen LogP contribution is 2.25. The molecule has 1 fully saturated rings. The van der Waals surface area contributed by atoms with Crippen molar-refractivity contribution in [3.63, 3.8) is 0 Å². The van der Waals surface area contributed by atoms with E-state index < -0.39 is 0 Å². The number of amides is 2. The van der Waals surface area contributed by atoms with Crippen molar-refractivity contribution in [2.24, 2.45) is 4.99 Å². The molecule has 1 atom stereocenters. The van der Waals surface area contributed by atoms with Gasteiger partial charge in [-0.25, -0.2) is 4.99 Å². The van der Waals surface area contributed by atoms with Crippen LogP contribution in [0.2, 0.25) is 0 Å². The Hall–Kier alpha value is -4.38. The second kappa shape index (κ2) is 22.5. The van der Waals surface area contributed by atoms with Crippen LogP contribution in [0.3, 0.4) is 0 Å². The number of anilines is 1. The van der Waals surface area contributed by atoms with Crippen molar-refractivity contribution in [1.82, 2.24) is 25.4 Å². The fourth-order valence-electron chi connectivity index (χ4n) is 5.56. The molecular weight excluding hydrogens is 651 g/mol. The highest BCUT2D eigenvalue weighted by molar-refractivity contribution is 6.12. The number of benzene rings is 1. The molecule has 0 spiro atoms. The molecule has 4 rings (SSSR count). The van der Waals surface area contributed by atoms with Crippen LogP contribution < -0.4 is 16.0 Å². The Balaban J connectivity index is 0.000000944. The maximum absolute atomic E-state index is 13.1. The number of rotatable bonds is 15. The molecule has 3 N–H and O–H groups in total. The van der Waals surface area contributed by atoms with E-state index in [4.69, 9.17) is 4.74 Å². The van der Waals surface area contributed by atoms with E-state index in [1.54, 1.807) is 12.3 Å². The van der Waals surface area contributed by atoms with Gasteiger partial charge in [0.15, 0.2) is 0 Å². The Kier molecular flexibility index (Phi) is 18.2. The number of allylic oxidation sites excluding steroid dienone is 2. The SMILES string of the molecule is CCC(C)=CN=C1NC(c2ccc(NC(=O)c3cc(CN4CCCC(NC(=O)/C=C/CN(C)C)C4)ccn3)cc2)=CC1=C(C)C.CCCOCCC. The van der Waals surface area contributed by atoms with Gasteiger partial charge in [0.25, 0.3) is 5.91 Å². The minimum Gasteiger partial charge on any atom is -0.381 e. The van der Waals surface area contributed by atoms with Gasteiger partial charge in [-0.15, -0.1) is 0 Å². The first kappa shape index (κ1) is 42.0. The van der Waals surface area contributed by atoms with E-state index in [1.165, 1.54) is 11.1 Å². The minimum absolute atomic E-state index is 0.0537. The smallest absolute Gasteiger partial charge is 0.274 e. The highest BCUT2D eigenvalue weighted by Gasteiger charge is 2.22. The number of amidine groups is 1. The van der Waals surface area contributed by atoms with Crippen LogP contribution in [0, 0.1) is 0 Å². The topological polar surface area (TPSA) is 111 Å². The van der Waals surface area contributed by atoms with Crippen LogP contribution in [0.1, 0.15) is 95.3 Å². The van der Waals surface area contributed by atoms with Crippen molar-refractivity contribution in [3.8, 4) is 0 Å². The lowest BCUT2D eigenvalue weighted by Crippen LogP contribution is -2.47. The first-order valence-electron chi connectivity index (χ1n) is 18.7. The van der Waals surface area contributed by atoms with E-state index in [9.17, 15) is 9.59 Å². The van der Waals surface area contributed by atoms with Gasteiger partial charge in [0.1, 0.15) is 11.5 Å². The van der Waals surface area contributed by atoms with Crippen molar-refractivity contribution in [2.75, 3.05) is 52.3 Å². The first-order chi connectivity index (χ1) is 25.0. The van der Waals surface area contributed by atoms with Crippen LogP contribution in [0.15, 0.2) is 88.7 Å². The summed E-state index contributed by atoms with van der Waals surface area (Å²) < 4.78 is 5.13. The van der Waals surface area contributed by atoms with Gasteiger partial charge >= 0.3 is 0 Å². The van der Waals surface area contributed by atoms with Crippen LogP contribution in [0.5, 0.6) is 0 Å². The van der Waals surface area contributed by atoms with Crippen LogP contribution in [-0.4, -0.2) is 85.4 Å². The molecule has 1 unspecified atom stereocenters. The van der Waals surface area contributed by atoms with E-state index in [0.29, 0.717) is 17.9 Å². The number of ether oxygens (including phenoxy) is 1. The number of pyridine rings is 1. The van der Waals surface area contributed by atoms with Gasteiger partial charge in [-0.2, -0.15) is 0 Å². The Bertz CT molecular complexity index is 1600. The summed E-state index contributed by atoms with van der Waals surface area (Å²) in [4.78, 5) is 38.8. The van der Waals surface area contributed by atoms with Gasteiger partial charge in [-0.1, -0.05) is 50.1 Å². The number of nitrogens with zero attached hydrogens (tertiary/aromatic N) is 4. The van der Waals surface area contributed by atoms with E-state index in [1.807, 2.05) is 67.7 Å². The number of hydrogen-bond acceptors (Lipinski definition) is 7. The molecule has 3 heterocycles. The van der Waals surface area contributed by atoms with E-state index >= 15 is 0 Å². The van der Waals surface area contributed by atoms with Crippen LogP contribution in [-0.2, 0) is 16.1 Å². The Morgan fingerprint density at radius 2 is 1.81 bits per heavy atom. The molecule has 1 aromatic heterocycles. The predicted octanol–water partition coefficient (Wildman–Crippen LogP) is 7.35. The molecule has 0 saturated carbocycles. The van der Waals surface area contributed by atoms with Crippen molar-refractivity contribution in [1.29, 1.82) is 0 Å². The maximum atomic E-state index is 13.1. The number of carbonyl (C=O) groups excluding carboxylic acids is 2. The Morgan fingerprint density at radius 3 is 2.46 bits per heavy atom. The summed E-state index contributed by atoms with van der Waals surface area (Å²) >= 11 is 0. The molecule has 2 aliphatic rings. The third-order valence-electron chi connectivity index (χ3n) is 8.51. The standard InChI is InChI=1S/C36H47N7O2.C6H14O/c1-7-26(4)22-38-35-31(25(2)3)21-32(41-35)28-12-14-29(15-13-28)40-36(45)33-20-27(16-17-37-33)23-43-19-8-10-30(24-43)39-34(44)11-9-18-42(5)6;1-3-5-7-6-4-2/h9,11-17,20-22,30H,7-8,10,18-19,23-24H2,1-6H3,(H,38,41)(H,39,44)(H,40,45);3-6H2,1-2H3/b11-9+,26-22?;. The number of piperidine rings is 1. The Labute approximate surface area is 312 Å². The molecule has 1 saturated heterocycles. The van der Waals surface area contributed by atoms with E-state index in [0.717, 1.165) is 93.2 Å². The van der Waals surface area contributed by atoms with Gasteiger partial charge in [-0.3, -0.25) is 19.5 Å². The fourth-order valence-corrected chi connectivity index (χ4v) is 5.56. The summed E-state index contributed by atoms with van der Waals surface area (Å²) in [5, 5.41) is 9.56. The molecule has 2 aromatic rings. The van der Waals surface area contributed by atoms with Crippen molar-refractivity contribution in [2.45, 2.75) is 86.2 Å². The van der Waals surface area contributed by atoms with Gasteiger partial charge in [-0.05, 0) is 115 Å². The normalized spacial score (nSPS) is 17.1. The zero-order valence-corrected chi connectivity index (χ0v) is 32.7. The number of hydrogen-bond donors (Lipinski definition) is 3. The second-order valence-electron chi connectivity index (χ2n) is 13.8. The summed E-state index contributed by atoms with van der Waals surface area (Å²) in [5.74, 6) is 0.538. The zero-order chi connectivity index (χ0) is 37.9. The van der Waals surface area contributed by atoms with Crippen molar-refractivity contribution < 1.29 is 14.3 Å². The lowest BCUT2D eigenvalue weighted by molar-refractivity contribution is -0.117. The lowest BCUT2D eigenvalue weighted by atomic mass is 10.0. The largest absolute Gasteiger partial charge is 0.381 e. The second-order valence-corrected chi connectivity index (χ2v) is 13.8. The van der Waals surface area contributed by atoms with Crippen LogP contribution >= 0.6 is 0 Å². The number of nitrogens with one attached hydrogen (secondary N) is 3. The van der Waals surface area contributed by atoms with E-state index in [2.05, 4.69) is 78.4 Å². The van der Waals surface area contributed by atoms with Crippen molar-refractivity contribution >= 4 is 29.0 Å². The Morgan fingerprint density at radius 1 is 1.08 bits per heavy atom. The summed E-state index contributed by atoms with van der Waals surface area (Å²) in [5.41, 5.74) is 7.55. The molecule has 0 aliphatic carbocycles. The number of aliphatic imine (C=N–C) groups is 1. The average molecular weight is 712 g/mol. The highest BCUT2D eigenvalue weighted by atomic mass is 16.5. The monoisotopic (exact) mass is 711 g/mol. The summed E-state index contributed by atoms with van der Waals surface area (Å²) in [6, 6.07) is 11.7. The summed E-state index contributed by atoms with van der Waals surface area (Å²) in [6.07, 6.45) is 14.4. The third kappa shape index (κ3) is 14.7.